The molecule has 0 radical (unpaired) electrons. The van der Waals surface area contributed by atoms with E-state index in [2.05, 4.69) is 4.98 Å². The fourth-order valence-corrected chi connectivity index (χ4v) is 2.03. The van der Waals surface area contributed by atoms with Crippen molar-refractivity contribution < 1.29 is 13.0 Å². The predicted molar refractivity (Wildman–Crippen MR) is 71.8 cm³/mol. The lowest BCUT2D eigenvalue weighted by Gasteiger charge is -1.98. The standard InChI is InChI=1S/C13H13NO3S/c15-18(16,17)10-4-3-6-12-9-8-11-5-1-2-7-13(11)14-12/h1-3,5-9H,4,10H2,(H,15,16,17). The molecule has 0 aliphatic rings. The van der Waals surface area contributed by atoms with Crippen molar-refractivity contribution in [3.63, 3.8) is 0 Å². The van der Waals surface area contributed by atoms with Crippen LogP contribution in [0.3, 0.4) is 0 Å². The Morgan fingerprint density at radius 2 is 1.94 bits per heavy atom. The molecule has 1 aromatic carbocycles. The van der Waals surface area contributed by atoms with Gasteiger partial charge in [0.1, 0.15) is 0 Å². The number of hydrogen-bond donors (Lipinski definition) is 1. The molecule has 0 saturated heterocycles. The van der Waals surface area contributed by atoms with Crippen molar-refractivity contribution in [1.29, 1.82) is 0 Å². The van der Waals surface area contributed by atoms with Gasteiger partial charge < -0.3 is 0 Å². The molecule has 0 unspecified atom stereocenters. The van der Waals surface area contributed by atoms with E-state index in [-0.39, 0.29) is 12.2 Å². The number of rotatable bonds is 4. The highest BCUT2D eigenvalue weighted by Crippen LogP contribution is 2.12. The number of fused-ring (bicyclic) bond motifs is 1. The molecule has 0 amide bonds. The van der Waals surface area contributed by atoms with Gasteiger partial charge in [0.25, 0.3) is 10.1 Å². The highest BCUT2D eigenvalue weighted by Gasteiger charge is 2.00. The normalized spacial score (nSPS) is 12.3. The van der Waals surface area contributed by atoms with Crippen molar-refractivity contribution in [2.24, 2.45) is 0 Å². The van der Waals surface area contributed by atoms with E-state index in [9.17, 15) is 8.42 Å². The number of allylic oxidation sites excluding steroid dienone is 1. The van der Waals surface area contributed by atoms with Gasteiger partial charge in [-0.3, -0.25) is 4.55 Å². The van der Waals surface area contributed by atoms with E-state index in [0.29, 0.717) is 0 Å². The second-order valence-corrected chi connectivity index (χ2v) is 5.48. The lowest BCUT2D eigenvalue weighted by atomic mass is 10.2. The van der Waals surface area contributed by atoms with Crippen LogP contribution in [0.25, 0.3) is 17.0 Å². The first-order chi connectivity index (χ1) is 8.54. The monoisotopic (exact) mass is 263 g/mol. The molecule has 0 atom stereocenters. The lowest BCUT2D eigenvalue weighted by Crippen LogP contribution is -2.01. The van der Waals surface area contributed by atoms with Crippen molar-refractivity contribution in [2.45, 2.75) is 6.42 Å². The van der Waals surface area contributed by atoms with Gasteiger partial charge in [-0.2, -0.15) is 8.42 Å². The summed E-state index contributed by atoms with van der Waals surface area (Å²) < 4.78 is 29.6. The van der Waals surface area contributed by atoms with E-state index in [1.165, 1.54) is 0 Å². The summed E-state index contributed by atoms with van der Waals surface area (Å²) in [7, 11) is -3.88. The molecule has 4 nitrogen and oxygen atoms in total. The summed E-state index contributed by atoms with van der Waals surface area (Å²) >= 11 is 0. The Kier molecular flexibility index (Phi) is 3.74. The molecule has 1 aromatic heterocycles. The second-order valence-electron chi connectivity index (χ2n) is 3.91. The van der Waals surface area contributed by atoms with Crippen LogP contribution in [0.2, 0.25) is 0 Å². The molecule has 0 spiro atoms. The Balaban J connectivity index is 2.10. The fourth-order valence-electron chi connectivity index (χ4n) is 1.60. The van der Waals surface area contributed by atoms with Crippen LogP contribution in [0.15, 0.2) is 42.5 Å². The van der Waals surface area contributed by atoms with Crippen molar-refractivity contribution in [3.8, 4) is 0 Å². The summed E-state index contributed by atoms with van der Waals surface area (Å²) in [6.07, 6.45) is 3.70. The third-order valence-corrected chi connectivity index (χ3v) is 3.20. The molecule has 2 aromatic rings. The largest absolute Gasteiger partial charge is 0.286 e. The molecule has 0 aliphatic carbocycles. The molecule has 2 rings (SSSR count). The molecule has 5 heteroatoms. The Bertz CT molecular complexity index is 677. The van der Waals surface area contributed by atoms with E-state index >= 15 is 0 Å². The SMILES string of the molecule is O=S(=O)(O)CCC=Cc1ccc2ccccc2n1. The van der Waals surface area contributed by atoms with Gasteiger partial charge >= 0.3 is 0 Å². The molecule has 94 valence electrons. The van der Waals surface area contributed by atoms with Gasteiger partial charge in [-0.05, 0) is 24.6 Å². The van der Waals surface area contributed by atoms with E-state index in [4.69, 9.17) is 4.55 Å². The molecule has 0 aliphatic heterocycles. The Morgan fingerprint density at radius 3 is 2.72 bits per heavy atom. The van der Waals surface area contributed by atoms with Crippen LogP contribution in [0, 0.1) is 0 Å². The first kappa shape index (κ1) is 12.7. The van der Waals surface area contributed by atoms with Crippen LogP contribution in [0.5, 0.6) is 0 Å². The van der Waals surface area contributed by atoms with E-state index in [0.717, 1.165) is 16.6 Å². The van der Waals surface area contributed by atoms with Crippen LogP contribution in [-0.4, -0.2) is 23.7 Å². The third-order valence-electron chi connectivity index (χ3n) is 2.45. The average Bonchev–Trinajstić information content (AvgIpc) is 2.33. The Morgan fingerprint density at radius 1 is 1.17 bits per heavy atom. The Labute approximate surface area is 106 Å². The zero-order chi connectivity index (χ0) is 13.0. The third kappa shape index (κ3) is 3.65. The summed E-state index contributed by atoms with van der Waals surface area (Å²) in [6, 6.07) is 11.6. The quantitative estimate of drug-likeness (QED) is 0.861. The van der Waals surface area contributed by atoms with Gasteiger partial charge in [-0.15, -0.1) is 0 Å². The molecule has 0 fully saturated rings. The summed E-state index contributed by atoms with van der Waals surface area (Å²) in [5.41, 5.74) is 1.67. The molecular formula is C13H13NO3S. The number of hydrogen-bond acceptors (Lipinski definition) is 3. The highest BCUT2D eigenvalue weighted by molar-refractivity contribution is 7.85. The van der Waals surface area contributed by atoms with Crippen molar-refractivity contribution in [1.82, 2.24) is 4.98 Å². The highest BCUT2D eigenvalue weighted by atomic mass is 32.2. The Hall–Kier alpha value is -1.72. The van der Waals surface area contributed by atoms with Gasteiger partial charge in [0.05, 0.1) is 17.0 Å². The molecule has 18 heavy (non-hydrogen) atoms. The second kappa shape index (κ2) is 5.29. The maximum absolute atomic E-state index is 10.5. The van der Waals surface area contributed by atoms with Crippen LogP contribution in [-0.2, 0) is 10.1 Å². The number of benzene rings is 1. The number of nitrogens with zero attached hydrogens (tertiary/aromatic N) is 1. The number of para-hydroxylation sites is 1. The first-order valence-corrected chi connectivity index (χ1v) is 7.13. The number of pyridine rings is 1. The topological polar surface area (TPSA) is 67.3 Å². The summed E-state index contributed by atoms with van der Waals surface area (Å²) in [6.45, 7) is 0. The minimum Gasteiger partial charge on any atom is -0.286 e. The van der Waals surface area contributed by atoms with Crippen molar-refractivity contribution >= 4 is 27.1 Å². The summed E-state index contributed by atoms with van der Waals surface area (Å²) in [4.78, 5) is 4.41. The van der Waals surface area contributed by atoms with E-state index < -0.39 is 10.1 Å². The zero-order valence-corrected chi connectivity index (χ0v) is 10.5. The zero-order valence-electron chi connectivity index (χ0n) is 9.65. The lowest BCUT2D eigenvalue weighted by molar-refractivity contribution is 0.483. The summed E-state index contributed by atoms with van der Waals surface area (Å²) in [5.74, 6) is -0.267. The first-order valence-electron chi connectivity index (χ1n) is 5.52. The number of aromatic nitrogens is 1. The average molecular weight is 263 g/mol. The van der Waals surface area contributed by atoms with Gasteiger partial charge in [0.15, 0.2) is 0 Å². The molecular weight excluding hydrogens is 250 g/mol. The van der Waals surface area contributed by atoms with Crippen LogP contribution in [0.1, 0.15) is 12.1 Å². The maximum Gasteiger partial charge on any atom is 0.265 e. The molecule has 1 heterocycles. The molecule has 1 N–H and O–H groups in total. The van der Waals surface area contributed by atoms with E-state index in [1.54, 1.807) is 12.2 Å². The summed E-state index contributed by atoms with van der Waals surface area (Å²) in [5, 5.41) is 1.06. The van der Waals surface area contributed by atoms with Gasteiger partial charge in [0.2, 0.25) is 0 Å². The van der Waals surface area contributed by atoms with Crippen LogP contribution < -0.4 is 0 Å². The minimum absolute atomic E-state index is 0.267. The molecule has 0 saturated carbocycles. The maximum atomic E-state index is 10.5. The van der Waals surface area contributed by atoms with Gasteiger partial charge in [-0.1, -0.05) is 30.3 Å². The van der Waals surface area contributed by atoms with E-state index in [1.807, 2.05) is 36.4 Å². The molecule has 0 bridgehead atoms. The van der Waals surface area contributed by atoms with Crippen LogP contribution >= 0.6 is 0 Å². The minimum atomic E-state index is -3.88. The van der Waals surface area contributed by atoms with Crippen LogP contribution in [0.4, 0.5) is 0 Å². The van der Waals surface area contributed by atoms with Crippen molar-refractivity contribution in [3.05, 3.63) is 48.2 Å². The van der Waals surface area contributed by atoms with Crippen molar-refractivity contribution in [2.75, 3.05) is 5.75 Å². The smallest absolute Gasteiger partial charge is 0.265 e. The fraction of sp³-hybridized carbons (Fsp3) is 0.154. The van der Waals surface area contributed by atoms with Gasteiger partial charge in [0, 0.05) is 5.39 Å². The van der Waals surface area contributed by atoms with Gasteiger partial charge in [-0.25, -0.2) is 4.98 Å². The predicted octanol–water partition coefficient (Wildman–Crippen LogP) is 2.53.